The quantitative estimate of drug-likeness (QED) is 0.194. The molecule has 1 unspecified atom stereocenters. The number of benzene rings is 4. The van der Waals surface area contributed by atoms with Gasteiger partial charge in [0.15, 0.2) is 0 Å². The van der Waals surface area contributed by atoms with E-state index in [4.69, 9.17) is 14.1 Å². The van der Waals surface area contributed by atoms with Crippen LogP contribution in [0.3, 0.4) is 0 Å². The third-order valence-corrected chi connectivity index (χ3v) is 9.06. The van der Waals surface area contributed by atoms with Crippen LogP contribution < -0.4 is 19.9 Å². The van der Waals surface area contributed by atoms with Crippen molar-refractivity contribution < 1.29 is 32.4 Å². The fraction of sp³-hybridized carbons (Fsp3) is 0.216. The van der Waals surface area contributed by atoms with Crippen molar-refractivity contribution >= 4 is 44.5 Å². The molecule has 0 aliphatic rings. The van der Waals surface area contributed by atoms with Crippen LogP contribution >= 0.6 is 0 Å². The van der Waals surface area contributed by atoms with Gasteiger partial charge in [-0.2, -0.15) is 0 Å². The van der Waals surface area contributed by atoms with Crippen molar-refractivity contribution in [1.82, 2.24) is 14.9 Å². The summed E-state index contributed by atoms with van der Waals surface area (Å²) in [5.74, 6) is -0.214. The summed E-state index contributed by atoms with van der Waals surface area (Å²) < 4.78 is 55.1. The normalized spacial score (nSPS) is 11.4. The van der Waals surface area contributed by atoms with Gasteiger partial charge in [-0.25, -0.2) is 18.0 Å². The lowest BCUT2D eigenvalue weighted by molar-refractivity contribution is 0.0964. The highest BCUT2D eigenvalue weighted by atomic mass is 32.2. The molecule has 1 amide bonds. The minimum Gasteiger partial charge on any atom is -0.494 e. The Bertz CT molecular complexity index is 2270. The van der Waals surface area contributed by atoms with E-state index in [-0.39, 0.29) is 40.1 Å². The molecular formula is C37H38F2N4O6S. The van der Waals surface area contributed by atoms with E-state index in [0.717, 1.165) is 5.56 Å². The molecule has 4 aromatic carbocycles. The number of nitrogens with zero attached hydrogens (tertiary/aromatic N) is 3. The Balaban J connectivity index is 0.00000184. The Hall–Kier alpha value is -5.40. The number of anilines is 1. The molecule has 262 valence electrons. The molecule has 0 saturated heterocycles. The zero-order valence-electron chi connectivity index (χ0n) is 28.7. The molecule has 0 bridgehead atoms. The van der Waals surface area contributed by atoms with Gasteiger partial charge >= 0.3 is 0 Å². The second-order valence-corrected chi connectivity index (χ2v) is 12.3. The minimum absolute atomic E-state index is 0. The van der Waals surface area contributed by atoms with Gasteiger partial charge in [-0.1, -0.05) is 26.0 Å². The lowest BCUT2D eigenvalue weighted by Crippen LogP contribution is -2.24. The monoisotopic (exact) mass is 704 g/mol. The first kappa shape index (κ1) is 37.4. The van der Waals surface area contributed by atoms with Crippen molar-refractivity contribution in [3.05, 3.63) is 112 Å². The second kappa shape index (κ2) is 15.4. The molecule has 0 radical (unpaired) electrons. The lowest BCUT2D eigenvalue weighted by atomic mass is 9.97. The number of ether oxygens (including phenoxy) is 1. The van der Waals surface area contributed by atoms with Gasteiger partial charge in [-0.3, -0.25) is 18.5 Å². The predicted molar refractivity (Wildman–Crippen MR) is 194 cm³/mol. The molecule has 50 heavy (non-hydrogen) atoms. The van der Waals surface area contributed by atoms with E-state index in [1.807, 2.05) is 13.8 Å². The molecule has 13 heteroatoms. The molecule has 0 saturated carbocycles. The summed E-state index contributed by atoms with van der Waals surface area (Å²) in [4.78, 5) is 32.0. The average Bonchev–Trinajstić information content (AvgIpc) is 3.49. The zero-order valence-corrected chi connectivity index (χ0v) is 29.5. The SMILES string of the molecule is CC.CNC(=O)c1c(-c2ccc(F)cc2)oc2cc(N(C)S(C)=O)c(-c3cc(OC)c4nc(C)n(Cc5ccc(F)cc5)c(=O)c4c3)cc12.O. The molecule has 6 rings (SSSR count). The molecule has 6 aromatic rings. The summed E-state index contributed by atoms with van der Waals surface area (Å²) in [5, 5.41) is 3.37. The summed E-state index contributed by atoms with van der Waals surface area (Å²) in [6.45, 7) is 5.89. The van der Waals surface area contributed by atoms with Crippen LogP contribution in [-0.2, 0) is 17.5 Å². The van der Waals surface area contributed by atoms with Crippen LogP contribution in [-0.4, -0.2) is 52.6 Å². The average molecular weight is 705 g/mol. The van der Waals surface area contributed by atoms with Crippen LogP contribution in [0, 0.1) is 18.6 Å². The van der Waals surface area contributed by atoms with Crippen LogP contribution in [0.2, 0.25) is 0 Å². The van der Waals surface area contributed by atoms with Gasteiger partial charge in [-0.15, -0.1) is 0 Å². The van der Waals surface area contributed by atoms with Crippen LogP contribution in [0.1, 0.15) is 35.6 Å². The number of hydrogen-bond donors (Lipinski definition) is 1. The van der Waals surface area contributed by atoms with Crippen LogP contribution in [0.25, 0.3) is 44.3 Å². The summed E-state index contributed by atoms with van der Waals surface area (Å²) in [6, 6.07) is 18.3. The number of furan rings is 1. The van der Waals surface area contributed by atoms with Crippen molar-refractivity contribution in [2.45, 2.75) is 27.3 Å². The highest BCUT2D eigenvalue weighted by Crippen LogP contribution is 2.42. The van der Waals surface area contributed by atoms with Crippen molar-refractivity contribution in [3.8, 4) is 28.2 Å². The molecule has 0 spiro atoms. The molecule has 0 aliphatic heterocycles. The van der Waals surface area contributed by atoms with E-state index in [1.54, 1.807) is 54.7 Å². The van der Waals surface area contributed by atoms with E-state index < -0.39 is 22.7 Å². The Labute approximate surface area is 290 Å². The zero-order chi connectivity index (χ0) is 35.6. The molecular weight excluding hydrogens is 666 g/mol. The number of aromatic nitrogens is 2. The maximum atomic E-state index is 14.0. The molecule has 3 N–H and O–H groups in total. The first-order valence-corrected chi connectivity index (χ1v) is 17.0. The molecule has 0 aliphatic carbocycles. The predicted octanol–water partition coefficient (Wildman–Crippen LogP) is 6.41. The number of amides is 1. The van der Waals surface area contributed by atoms with Crippen molar-refractivity contribution in [1.29, 1.82) is 0 Å². The highest BCUT2D eigenvalue weighted by molar-refractivity contribution is 7.85. The number of fused-ring (bicyclic) bond motifs is 2. The number of methoxy groups -OCH3 is 1. The standard InChI is InChI=1S/C35H30F2N4O5S.C2H6.H2O/c1-19-39-32-27(35(43)41(19)18-20-6-10-23(36)11-7-20)14-22(15-30(32)45-4)25-16-26-29(17-28(25)40(3)47(5)44)46-33(31(26)34(42)38-2)21-8-12-24(37)13-9-21;1-2;/h6-17H,18H2,1-5H3,(H,38,42);1-2H3;1H2. The summed E-state index contributed by atoms with van der Waals surface area (Å²) >= 11 is 0. The third kappa shape index (κ3) is 7.00. The van der Waals surface area contributed by atoms with Gasteiger partial charge in [0.25, 0.3) is 11.5 Å². The van der Waals surface area contributed by atoms with Gasteiger partial charge < -0.3 is 19.9 Å². The number of rotatable bonds is 8. The molecule has 2 aromatic heterocycles. The second-order valence-electron chi connectivity index (χ2n) is 10.9. The van der Waals surface area contributed by atoms with Gasteiger partial charge in [0.2, 0.25) is 0 Å². The Morgan fingerprint density at radius 3 is 2.18 bits per heavy atom. The third-order valence-electron chi connectivity index (χ3n) is 8.09. The van der Waals surface area contributed by atoms with Crippen LogP contribution in [0.4, 0.5) is 14.5 Å². The molecule has 10 nitrogen and oxygen atoms in total. The first-order valence-electron chi connectivity index (χ1n) is 15.5. The Morgan fingerprint density at radius 2 is 1.60 bits per heavy atom. The maximum absolute atomic E-state index is 14.0. The molecule has 0 fully saturated rings. The first-order chi connectivity index (χ1) is 23.5. The van der Waals surface area contributed by atoms with Crippen LogP contribution in [0.15, 0.2) is 82.0 Å². The van der Waals surface area contributed by atoms with Gasteiger partial charge in [0, 0.05) is 42.9 Å². The fourth-order valence-corrected chi connectivity index (χ4v) is 6.02. The number of carbonyl (C=O) groups excluding carboxylic acids is 1. The summed E-state index contributed by atoms with van der Waals surface area (Å²) in [6.07, 6.45) is 1.53. The summed E-state index contributed by atoms with van der Waals surface area (Å²) in [7, 11) is 3.16. The van der Waals surface area contributed by atoms with E-state index in [1.165, 1.54) is 61.4 Å². The highest BCUT2D eigenvalue weighted by Gasteiger charge is 2.26. The van der Waals surface area contributed by atoms with Crippen molar-refractivity contribution in [2.24, 2.45) is 0 Å². The Kier molecular flexibility index (Phi) is 11.6. The van der Waals surface area contributed by atoms with E-state index in [9.17, 15) is 22.6 Å². The molecule has 1 atom stereocenters. The Morgan fingerprint density at radius 1 is 0.980 bits per heavy atom. The number of nitrogens with one attached hydrogen (secondary N) is 1. The van der Waals surface area contributed by atoms with Crippen LogP contribution in [0.5, 0.6) is 5.75 Å². The largest absolute Gasteiger partial charge is 0.494 e. The maximum Gasteiger partial charge on any atom is 0.261 e. The van der Waals surface area contributed by atoms with Crippen molar-refractivity contribution in [3.63, 3.8) is 0 Å². The lowest BCUT2D eigenvalue weighted by Gasteiger charge is -2.21. The van der Waals surface area contributed by atoms with E-state index in [0.29, 0.717) is 50.4 Å². The number of carbonyl (C=O) groups is 1. The number of aryl methyl sites for hydroxylation is 1. The molecule has 2 heterocycles. The number of halogens is 2. The fourth-order valence-electron chi connectivity index (χ4n) is 5.59. The topological polar surface area (TPSA) is 138 Å². The van der Waals surface area contributed by atoms with Crippen molar-refractivity contribution in [2.75, 3.05) is 31.8 Å². The van der Waals surface area contributed by atoms with E-state index >= 15 is 0 Å². The van der Waals surface area contributed by atoms with Gasteiger partial charge in [0.1, 0.15) is 51.1 Å². The minimum atomic E-state index is -1.47. The number of hydrogen-bond acceptors (Lipinski definition) is 6. The van der Waals surface area contributed by atoms with Gasteiger partial charge in [0.05, 0.1) is 30.3 Å². The smallest absolute Gasteiger partial charge is 0.261 e. The van der Waals surface area contributed by atoms with Gasteiger partial charge in [-0.05, 0) is 72.6 Å². The van der Waals surface area contributed by atoms with E-state index in [2.05, 4.69) is 5.32 Å². The summed E-state index contributed by atoms with van der Waals surface area (Å²) in [5.41, 5.74) is 3.38.